The lowest BCUT2D eigenvalue weighted by molar-refractivity contribution is -0.138. The minimum atomic E-state index is -4.61. The van der Waals surface area contributed by atoms with Crippen LogP contribution in [0.15, 0.2) is 36.4 Å². The molecule has 2 aromatic carbocycles. The van der Waals surface area contributed by atoms with Gasteiger partial charge in [-0.05, 0) is 36.2 Å². The van der Waals surface area contributed by atoms with E-state index in [0.29, 0.717) is 5.02 Å². The standard InChI is InChI=1S/C18H17ClF3NO3/c1-3-11-7-8-16(14(19)9-11)26-10-12-13(18(20,21)22)5-4-6-15(12)23-17(24)25-2/h4-9H,3,10H2,1-2H3,(H,23,24). The summed E-state index contributed by atoms with van der Waals surface area (Å²) in [7, 11) is 1.12. The number of aryl methyl sites for hydroxylation is 1. The molecule has 0 aliphatic heterocycles. The van der Waals surface area contributed by atoms with Crippen LogP contribution in [0.3, 0.4) is 0 Å². The van der Waals surface area contributed by atoms with Gasteiger partial charge in [-0.3, -0.25) is 5.32 Å². The number of anilines is 1. The van der Waals surface area contributed by atoms with Crippen molar-refractivity contribution in [3.8, 4) is 5.75 Å². The van der Waals surface area contributed by atoms with Gasteiger partial charge in [-0.15, -0.1) is 0 Å². The summed E-state index contributed by atoms with van der Waals surface area (Å²) < 4.78 is 49.9. The molecule has 4 nitrogen and oxygen atoms in total. The van der Waals surface area contributed by atoms with Gasteiger partial charge in [0.15, 0.2) is 0 Å². The molecule has 2 rings (SSSR count). The van der Waals surface area contributed by atoms with E-state index in [4.69, 9.17) is 16.3 Å². The summed E-state index contributed by atoms with van der Waals surface area (Å²) in [5.41, 5.74) is -0.201. The van der Waals surface area contributed by atoms with E-state index in [1.807, 2.05) is 6.92 Å². The summed E-state index contributed by atoms with van der Waals surface area (Å²) in [5, 5.41) is 2.57. The van der Waals surface area contributed by atoms with E-state index < -0.39 is 24.4 Å². The smallest absolute Gasteiger partial charge is 0.416 e. The van der Waals surface area contributed by atoms with Crippen molar-refractivity contribution < 1.29 is 27.4 Å². The summed E-state index contributed by atoms with van der Waals surface area (Å²) in [6.45, 7) is 1.52. The summed E-state index contributed by atoms with van der Waals surface area (Å²) >= 11 is 6.11. The van der Waals surface area contributed by atoms with E-state index in [0.717, 1.165) is 25.2 Å². The highest BCUT2D eigenvalue weighted by Gasteiger charge is 2.34. The summed E-state index contributed by atoms with van der Waals surface area (Å²) in [4.78, 5) is 11.4. The first-order chi connectivity index (χ1) is 12.3. The second-order valence-electron chi connectivity index (χ2n) is 5.35. The number of amides is 1. The van der Waals surface area contributed by atoms with Crippen molar-refractivity contribution in [2.75, 3.05) is 12.4 Å². The Morgan fingerprint density at radius 1 is 1.23 bits per heavy atom. The van der Waals surface area contributed by atoms with Crippen molar-refractivity contribution in [2.24, 2.45) is 0 Å². The lowest BCUT2D eigenvalue weighted by atomic mass is 10.1. The molecular formula is C18H17ClF3NO3. The minimum Gasteiger partial charge on any atom is -0.487 e. The van der Waals surface area contributed by atoms with Crippen molar-refractivity contribution in [1.29, 1.82) is 0 Å². The molecule has 1 amide bonds. The van der Waals surface area contributed by atoms with Crippen LogP contribution in [0.5, 0.6) is 5.75 Å². The number of nitrogens with one attached hydrogen (secondary N) is 1. The Morgan fingerprint density at radius 3 is 2.54 bits per heavy atom. The molecule has 0 bridgehead atoms. The number of rotatable bonds is 5. The van der Waals surface area contributed by atoms with Crippen LogP contribution in [0.4, 0.5) is 23.7 Å². The molecule has 1 N–H and O–H groups in total. The zero-order valence-corrected chi connectivity index (χ0v) is 14.9. The average Bonchev–Trinajstić information content (AvgIpc) is 2.60. The topological polar surface area (TPSA) is 47.6 Å². The number of benzene rings is 2. The van der Waals surface area contributed by atoms with Crippen LogP contribution in [0.25, 0.3) is 0 Å². The highest BCUT2D eigenvalue weighted by atomic mass is 35.5. The molecule has 0 radical (unpaired) electrons. The molecule has 0 fully saturated rings. The first kappa shape index (κ1) is 19.9. The maximum absolute atomic E-state index is 13.3. The van der Waals surface area contributed by atoms with Crippen molar-refractivity contribution in [3.05, 3.63) is 58.1 Å². The largest absolute Gasteiger partial charge is 0.487 e. The number of hydrogen-bond donors (Lipinski definition) is 1. The van der Waals surface area contributed by atoms with Crippen LogP contribution in [0.1, 0.15) is 23.6 Å². The third kappa shape index (κ3) is 4.82. The molecule has 2 aromatic rings. The van der Waals surface area contributed by atoms with E-state index in [9.17, 15) is 18.0 Å². The molecule has 0 atom stereocenters. The van der Waals surface area contributed by atoms with Crippen LogP contribution in [-0.4, -0.2) is 13.2 Å². The van der Waals surface area contributed by atoms with Gasteiger partial charge < -0.3 is 9.47 Å². The summed E-state index contributed by atoms with van der Waals surface area (Å²) in [6, 6.07) is 8.53. The van der Waals surface area contributed by atoms with Gasteiger partial charge in [0.1, 0.15) is 12.4 Å². The minimum absolute atomic E-state index is 0.0482. The molecule has 0 aromatic heterocycles. The fourth-order valence-electron chi connectivity index (χ4n) is 2.32. The van der Waals surface area contributed by atoms with Crippen LogP contribution in [0, 0.1) is 0 Å². The van der Waals surface area contributed by atoms with Crippen molar-refractivity contribution >= 4 is 23.4 Å². The molecule has 0 aliphatic rings. The third-order valence-corrected chi connectivity index (χ3v) is 3.98. The molecule has 8 heteroatoms. The van der Waals surface area contributed by atoms with E-state index >= 15 is 0 Å². The zero-order chi connectivity index (χ0) is 19.3. The second kappa shape index (κ2) is 8.31. The Hall–Kier alpha value is -2.41. The molecular weight excluding hydrogens is 371 g/mol. The number of alkyl halides is 3. The van der Waals surface area contributed by atoms with Gasteiger partial charge >= 0.3 is 12.3 Å². The van der Waals surface area contributed by atoms with Crippen LogP contribution >= 0.6 is 11.6 Å². The molecule has 0 heterocycles. The average molecular weight is 388 g/mol. The Bertz CT molecular complexity index is 794. The van der Waals surface area contributed by atoms with Gasteiger partial charge in [-0.2, -0.15) is 13.2 Å². The van der Waals surface area contributed by atoms with E-state index in [1.54, 1.807) is 18.2 Å². The maximum Gasteiger partial charge on any atom is 0.416 e. The predicted molar refractivity (Wildman–Crippen MR) is 92.6 cm³/mol. The molecule has 0 unspecified atom stereocenters. The highest BCUT2D eigenvalue weighted by molar-refractivity contribution is 6.32. The molecule has 140 valence electrons. The third-order valence-electron chi connectivity index (χ3n) is 3.68. The van der Waals surface area contributed by atoms with E-state index in [-0.39, 0.29) is 17.0 Å². The Labute approximate surface area is 153 Å². The Morgan fingerprint density at radius 2 is 1.96 bits per heavy atom. The fourth-order valence-corrected chi connectivity index (χ4v) is 2.57. The maximum atomic E-state index is 13.3. The number of ether oxygens (including phenoxy) is 2. The molecule has 0 spiro atoms. The van der Waals surface area contributed by atoms with Crippen molar-refractivity contribution in [3.63, 3.8) is 0 Å². The van der Waals surface area contributed by atoms with E-state index in [1.165, 1.54) is 12.1 Å². The van der Waals surface area contributed by atoms with Crippen LogP contribution < -0.4 is 10.1 Å². The van der Waals surface area contributed by atoms with Crippen molar-refractivity contribution in [1.82, 2.24) is 0 Å². The number of carbonyl (C=O) groups is 1. The monoisotopic (exact) mass is 387 g/mol. The number of methoxy groups -OCH3 is 1. The lowest BCUT2D eigenvalue weighted by Crippen LogP contribution is -2.17. The van der Waals surface area contributed by atoms with Crippen molar-refractivity contribution in [2.45, 2.75) is 26.1 Å². The Balaban J connectivity index is 2.35. The predicted octanol–water partition coefficient (Wildman–Crippen LogP) is 5.68. The number of carbonyl (C=O) groups excluding carboxylic acids is 1. The number of halogens is 4. The van der Waals surface area contributed by atoms with Gasteiger partial charge in [0.2, 0.25) is 0 Å². The van der Waals surface area contributed by atoms with Crippen LogP contribution in [-0.2, 0) is 23.9 Å². The SMILES string of the molecule is CCc1ccc(OCc2c(NC(=O)OC)cccc2C(F)(F)F)c(Cl)c1. The van der Waals surface area contributed by atoms with Gasteiger partial charge in [-0.1, -0.05) is 30.7 Å². The first-order valence-electron chi connectivity index (χ1n) is 7.71. The van der Waals surface area contributed by atoms with Gasteiger partial charge in [-0.25, -0.2) is 4.79 Å². The fraction of sp³-hybridized carbons (Fsp3) is 0.278. The summed E-state index contributed by atoms with van der Waals surface area (Å²) in [5.74, 6) is 0.255. The highest BCUT2D eigenvalue weighted by Crippen LogP contribution is 2.36. The lowest BCUT2D eigenvalue weighted by Gasteiger charge is -2.18. The van der Waals surface area contributed by atoms with Crippen LogP contribution in [0.2, 0.25) is 5.02 Å². The summed E-state index contributed by atoms with van der Waals surface area (Å²) in [6.07, 6.45) is -4.72. The quantitative estimate of drug-likeness (QED) is 0.718. The normalized spacial score (nSPS) is 11.2. The van der Waals surface area contributed by atoms with Gasteiger partial charge in [0, 0.05) is 5.56 Å². The molecule has 0 saturated heterocycles. The molecule has 0 saturated carbocycles. The van der Waals surface area contributed by atoms with E-state index in [2.05, 4.69) is 10.1 Å². The molecule has 26 heavy (non-hydrogen) atoms. The van der Waals surface area contributed by atoms with Gasteiger partial charge in [0.25, 0.3) is 0 Å². The number of hydrogen-bond acceptors (Lipinski definition) is 3. The second-order valence-corrected chi connectivity index (χ2v) is 5.76. The van der Waals surface area contributed by atoms with Gasteiger partial charge in [0.05, 0.1) is 23.4 Å². The zero-order valence-electron chi connectivity index (χ0n) is 14.1. The molecule has 0 aliphatic carbocycles. The first-order valence-corrected chi connectivity index (χ1v) is 8.09. The Kier molecular flexibility index (Phi) is 6.37.